The van der Waals surface area contributed by atoms with Crippen molar-refractivity contribution in [3.8, 4) is 10.4 Å². The van der Waals surface area contributed by atoms with E-state index in [1.54, 1.807) is 17.7 Å². The number of aliphatic hydroxyl groups is 1. The first-order valence-electron chi connectivity index (χ1n) is 10.0. The summed E-state index contributed by atoms with van der Waals surface area (Å²) in [6, 6.07) is 14.8. The summed E-state index contributed by atoms with van der Waals surface area (Å²) in [6.45, 7) is 2.59. The van der Waals surface area contributed by atoms with Crippen molar-refractivity contribution in [3.05, 3.63) is 60.7 Å². The standard InChI is InChI=1S/C22H23N5OS/c28-13-12-27-19(6-9-25-27)16-7-10-26(11-8-16)21-18-14-20(17-4-2-1-3-5-17)29-22(18)24-15-23-21/h1-6,9,14-16,28H,7-8,10-13H2. The van der Waals surface area contributed by atoms with Crippen LogP contribution in [-0.4, -0.2) is 44.6 Å². The minimum Gasteiger partial charge on any atom is -0.394 e. The maximum absolute atomic E-state index is 9.25. The van der Waals surface area contributed by atoms with Crippen molar-refractivity contribution < 1.29 is 5.11 Å². The van der Waals surface area contributed by atoms with Crippen molar-refractivity contribution in [1.82, 2.24) is 19.7 Å². The monoisotopic (exact) mass is 405 g/mol. The van der Waals surface area contributed by atoms with E-state index in [1.165, 1.54) is 16.1 Å². The van der Waals surface area contributed by atoms with E-state index >= 15 is 0 Å². The molecular weight excluding hydrogens is 382 g/mol. The summed E-state index contributed by atoms with van der Waals surface area (Å²) >= 11 is 1.72. The maximum atomic E-state index is 9.25. The number of nitrogens with zero attached hydrogens (tertiary/aromatic N) is 5. The van der Waals surface area contributed by atoms with E-state index < -0.39 is 0 Å². The minimum atomic E-state index is 0.119. The zero-order valence-electron chi connectivity index (χ0n) is 16.1. The lowest BCUT2D eigenvalue weighted by Crippen LogP contribution is -2.34. The highest BCUT2D eigenvalue weighted by molar-refractivity contribution is 7.21. The molecule has 0 aliphatic carbocycles. The Bertz CT molecular complexity index is 1100. The topological polar surface area (TPSA) is 67.1 Å². The average molecular weight is 406 g/mol. The zero-order chi connectivity index (χ0) is 19.6. The van der Waals surface area contributed by atoms with E-state index in [2.05, 4.69) is 56.4 Å². The van der Waals surface area contributed by atoms with Gasteiger partial charge in [-0.05, 0) is 30.5 Å². The first-order chi connectivity index (χ1) is 14.3. The van der Waals surface area contributed by atoms with E-state index in [0.717, 1.165) is 42.0 Å². The van der Waals surface area contributed by atoms with Gasteiger partial charge >= 0.3 is 0 Å². The number of piperidine rings is 1. The summed E-state index contributed by atoms with van der Waals surface area (Å²) in [5, 5.41) is 14.7. The van der Waals surface area contributed by atoms with Crippen molar-refractivity contribution in [3.63, 3.8) is 0 Å². The molecule has 7 heteroatoms. The number of thiophene rings is 1. The molecule has 148 valence electrons. The number of rotatable bonds is 5. The van der Waals surface area contributed by atoms with Gasteiger partial charge in [0.1, 0.15) is 17.0 Å². The van der Waals surface area contributed by atoms with Crippen LogP contribution in [0.2, 0.25) is 0 Å². The molecule has 1 N–H and O–H groups in total. The number of fused-ring (bicyclic) bond motifs is 1. The predicted molar refractivity (Wildman–Crippen MR) is 116 cm³/mol. The Morgan fingerprint density at radius 3 is 2.69 bits per heavy atom. The Morgan fingerprint density at radius 2 is 1.90 bits per heavy atom. The van der Waals surface area contributed by atoms with Crippen LogP contribution < -0.4 is 4.90 Å². The Morgan fingerprint density at radius 1 is 1.07 bits per heavy atom. The molecule has 1 aliphatic rings. The molecular formula is C22H23N5OS. The van der Waals surface area contributed by atoms with Gasteiger partial charge in [-0.3, -0.25) is 4.68 Å². The fraction of sp³-hybridized carbons (Fsp3) is 0.318. The number of benzene rings is 1. The first kappa shape index (κ1) is 18.3. The molecule has 0 bridgehead atoms. The summed E-state index contributed by atoms with van der Waals surface area (Å²) in [5.74, 6) is 1.51. The number of hydrogen-bond donors (Lipinski definition) is 1. The van der Waals surface area contributed by atoms with Crippen LogP contribution in [0.1, 0.15) is 24.5 Å². The highest BCUT2D eigenvalue weighted by atomic mass is 32.1. The molecule has 0 radical (unpaired) electrons. The molecule has 0 unspecified atom stereocenters. The molecule has 0 amide bonds. The number of aliphatic hydroxyl groups excluding tert-OH is 1. The Balaban J connectivity index is 1.38. The smallest absolute Gasteiger partial charge is 0.140 e. The molecule has 4 heterocycles. The van der Waals surface area contributed by atoms with Gasteiger partial charge in [0, 0.05) is 35.8 Å². The van der Waals surface area contributed by atoms with Gasteiger partial charge in [-0.2, -0.15) is 5.10 Å². The SMILES string of the molecule is OCCn1nccc1C1CCN(c2ncnc3sc(-c4ccccc4)cc23)CC1. The summed E-state index contributed by atoms with van der Waals surface area (Å²) < 4.78 is 1.94. The second kappa shape index (κ2) is 7.93. The maximum Gasteiger partial charge on any atom is 0.140 e. The van der Waals surface area contributed by atoms with Crippen molar-refractivity contribution in [2.45, 2.75) is 25.3 Å². The van der Waals surface area contributed by atoms with Crippen LogP contribution in [0.3, 0.4) is 0 Å². The zero-order valence-corrected chi connectivity index (χ0v) is 16.9. The summed E-state index contributed by atoms with van der Waals surface area (Å²) in [7, 11) is 0. The first-order valence-corrected chi connectivity index (χ1v) is 10.8. The van der Waals surface area contributed by atoms with Crippen LogP contribution in [0.25, 0.3) is 20.7 Å². The van der Waals surface area contributed by atoms with E-state index in [0.29, 0.717) is 12.5 Å². The minimum absolute atomic E-state index is 0.119. The lowest BCUT2D eigenvalue weighted by molar-refractivity contribution is 0.265. The Hall–Kier alpha value is -2.77. The molecule has 29 heavy (non-hydrogen) atoms. The van der Waals surface area contributed by atoms with Gasteiger partial charge in [-0.15, -0.1) is 11.3 Å². The number of anilines is 1. The van der Waals surface area contributed by atoms with Crippen LogP contribution in [0, 0.1) is 0 Å². The quantitative estimate of drug-likeness (QED) is 0.545. The van der Waals surface area contributed by atoms with Crippen molar-refractivity contribution in [2.24, 2.45) is 0 Å². The summed E-state index contributed by atoms with van der Waals surface area (Å²) in [4.78, 5) is 13.8. The molecule has 4 aromatic rings. The number of aromatic nitrogens is 4. The number of hydrogen-bond acceptors (Lipinski definition) is 6. The van der Waals surface area contributed by atoms with Gasteiger partial charge < -0.3 is 10.0 Å². The fourth-order valence-corrected chi connectivity index (χ4v) is 5.20. The van der Waals surface area contributed by atoms with Crippen LogP contribution in [0.15, 0.2) is 55.0 Å². The summed E-state index contributed by atoms with van der Waals surface area (Å²) in [5.41, 5.74) is 2.45. The molecule has 3 aromatic heterocycles. The molecule has 0 spiro atoms. The molecule has 1 aromatic carbocycles. The van der Waals surface area contributed by atoms with Crippen molar-refractivity contribution in [1.29, 1.82) is 0 Å². The van der Waals surface area contributed by atoms with Gasteiger partial charge in [0.15, 0.2) is 0 Å². The van der Waals surface area contributed by atoms with Gasteiger partial charge in [-0.25, -0.2) is 9.97 Å². The lowest BCUT2D eigenvalue weighted by atomic mass is 9.93. The molecule has 1 aliphatic heterocycles. The van der Waals surface area contributed by atoms with Crippen molar-refractivity contribution >= 4 is 27.4 Å². The summed E-state index contributed by atoms with van der Waals surface area (Å²) in [6.07, 6.45) is 5.63. The van der Waals surface area contributed by atoms with Crippen molar-refractivity contribution in [2.75, 3.05) is 24.6 Å². The Labute approximate surface area is 173 Å². The van der Waals surface area contributed by atoms with Gasteiger partial charge in [0.25, 0.3) is 0 Å². The third kappa shape index (κ3) is 3.52. The van der Waals surface area contributed by atoms with E-state index in [1.807, 2.05) is 16.9 Å². The van der Waals surface area contributed by atoms with Crippen LogP contribution in [-0.2, 0) is 6.54 Å². The third-order valence-corrected chi connectivity index (χ3v) is 6.73. The lowest BCUT2D eigenvalue weighted by Gasteiger charge is -2.33. The highest BCUT2D eigenvalue weighted by Gasteiger charge is 2.25. The van der Waals surface area contributed by atoms with Crippen LogP contribution in [0.4, 0.5) is 5.82 Å². The van der Waals surface area contributed by atoms with E-state index in [4.69, 9.17) is 0 Å². The van der Waals surface area contributed by atoms with E-state index in [9.17, 15) is 5.11 Å². The van der Waals surface area contributed by atoms with Crippen LogP contribution in [0.5, 0.6) is 0 Å². The predicted octanol–water partition coefficient (Wildman–Crippen LogP) is 3.93. The largest absolute Gasteiger partial charge is 0.394 e. The van der Waals surface area contributed by atoms with Gasteiger partial charge in [0.2, 0.25) is 0 Å². The average Bonchev–Trinajstić information content (AvgIpc) is 3.42. The van der Waals surface area contributed by atoms with Crippen LogP contribution >= 0.6 is 11.3 Å². The molecule has 1 saturated heterocycles. The van der Waals surface area contributed by atoms with Gasteiger partial charge in [-0.1, -0.05) is 30.3 Å². The van der Waals surface area contributed by atoms with Gasteiger partial charge in [0.05, 0.1) is 18.5 Å². The fourth-order valence-electron chi connectivity index (χ4n) is 4.20. The molecule has 0 atom stereocenters. The molecule has 6 nitrogen and oxygen atoms in total. The second-order valence-electron chi connectivity index (χ2n) is 7.36. The second-order valence-corrected chi connectivity index (χ2v) is 8.39. The highest BCUT2D eigenvalue weighted by Crippen LogP contribution is 2.38. The molecule has 1 fully saturated rings. The molecule has 5 rings (SSSR count). The molecule has 0 saturated carbocycles. The van der Waals surface area contributed by atoms with E-state index in [-0.39, 0.29) is 6.61 Å². The normalized spacial score (nSPS) is 15.3. The third-order valence-electron chi connectivity index (χ3n) is 5.64. The Kier molecular flexibility index (Phi) is 4.99.